The molecule has 0 aliphatic carbocycles. The average molecular weight is 228 g/mol. The van der Waals surface area contributed by atoms with E-state index in [0.29, 0.717) is 3.74 Å². The molecule has 0 N–H and O–H groups in total. The first-order valence-corrected chi connectivity index (χ1v) is 3.89. The molecular weight excluding hydrogens is 220 g/mol. The lowest BCUT2D eigenvalue weighted by Crippen LogP contribution is -1.74. The van der Waals surface area contributed by atoms with Gasteiger partial charge in [-0.2, -0.15) is 0 Å². The Kier molecular flexibility index (Phi) is 4.04. The summed E-state index contributed by atoms with van der Waals surface area (Å²) < 4.78 is 0.338. The summed E-state index contributed by atoms with van der Waals surface area (Å²) in [6.07, 6.45) is 2.08. The summed E-state index contributed by atoms with van der Waals surface area (Å²) in [5.41, 5.74) is 1.32. The van der Waals surface area contributed by atoms with Gasteiger partial charge in [0.1, 0.15) is 0 Å². The van der Waals surface area contributed by atoms with Crippen LogP contribution in [0.15, 0.2) is 11.6 Å². The van der Waals surface area contributed by atoms with E-state index >= 15 is 0 Å². The van der Waals surface area contributed by atoms with E-state index in [1.807, 2.05) is 0 Å². The van der Waals surface area contributed by atoms with Gasteiger partial charge in [-0.1, -0.05) is 43.5 Å². The molecule has 42 valence electrons. The van der Waals surface area contributed by atoms with Crippen LogP contribution in [0.5, 0.6) is 0 Å². The molecule has 2 heteroatoms. The summed E-state index contributed by atoms with van der Waals surface area (Å²) in [4.78, 5) is 0. The smallest absolute Gasteiger partial charge is 0.0785 e. The number of rotatable bonds is 1. The summed E-state index contributed by atoms with van der Waals surface area (Å²) in [5, 5.41) is 0. The van der Waals surface area contributed by atoms with E-state index in [2.05, 4.69) is 51.8 Å². The minimum atomic E-state index is 0.338. The van der Waals surface area contributed by atoms with E-state index in [4.69, 9.17) is 0 Å². The van der Waals surface area contributed by atoms with Gasteiger partial charge in [0.15, 0.2) is 0 Å². The molecule has 0 heterocycles. The zero-order valence-corrected chi connectivity index (χ0v) is 7.58. The number of halogens is 2. The minimum absolute atomic E-state index is 0.338. The SMILES string of the molecule is CC(C)=CC(Br)Br. The summed E-state index contributed by atoms with van der Waals surface area (Å²) in [6.45, 7) is 4.13. The van der Waals surface area contributed by atoms with Gasteiger partial charge in [0.2, 0.25) is 0 Å². The Balaban J connectivity index is 3.45. The average Bonchev–Trinajstić information content (AvgIpc) is 1.27. The molecule has 0 aliphatic heterocycles. The summed E-state index contributed by atoms with van der Waals surface area (Å²) >= 11 is 6.63. The van der Waals surface area contributed by atoms with Crippen molar-refractivity contribution >= 4 is 31.9 Å². The van der Waals surface area contributed by atoms with Crippen LogP contribution in [0.4, 0.5) is 0 Å². The Bertz CT molecular complexity index is 70.1. The van der Waals surface area contributed by atoms with Crippen LogP contribution in [0.1, 0.15) is 13.8 Å². The van der Waals surface area contributed by atoms with Crippen molar-refractivity contribution in [3.05, 3.63) is 11.6 Å². The molecule has 0 saturated heterocycles. The topological polar surface area (TPSA) is 0 Å². The largest absolute Gasteiger partial charge is 0.0879 e. The van der Waals surface area contributed by atoms with Crippen molar-refractivity contribution in [3.8, 4) is 0 Å². The van der Waals surface area contributed by atoms with Crippen LogP contribution in [-0.2, 0) is 0 Å². The molecule has 0 spiro atoms. The number of hydrogen-bond acceptors (Lipinski definition) is 0. The zero-order valence-electron chi connectivity index (χ0n) is 4.41. The molecule has 0 aromatic heterocycles. The third kappa shape index (κ3) is 6.70. The molecule has 0 unspecified atom stereocenters. The van der Waals surface area contributed by atoms with Crippen LogP contribution in [0.2, 0.25) is 0 Å². The zero-order chi connectivity index (χ0) is 5.86. The van der Waals surface area contributed by atoms with E-state index < -0.39 is 0 Å². The maximum absolute atomic E-state index is 3.32. The number of hydrogen-bond donors (Lipinski definition) is 0. The Labute approximate surface area is 61.2 Å². The number of alkyl halides is 2. The monoisotopic (exact) mass is 226 g/mol. The molecule has 0 radical (unpaired) electrons. The predicted molar refractivity (Wildman–Crippen MR) is 41.1 cm³/mol. The standard InChI is InChI=1S/C5H8Br2/c1-4(2)3-5(6)7/h3,5H,1-2H3. The molecule has 0 aliphatic rings. The van der Waals surface area contributed by atoms with Gasteiger partial charge in [0.25, 0.3) is 0 Å². The molecule has 7 heavy (non-hydrogen) atoms. The van der Waals surface area contributed by atoms with Crippen molar-refractivity contribution in [2.24, 2.45) is 0 Å². The van der Waals surface area contributed by atoms with Crippen LogP contribution < -0.4 is 0 Å². The molecule has 0 rings (SSSR count). The fourth-order valence-corrected chi connectivity index (χ4v) is 1.31. The fourth-order valence-electron chi connectivity index (χ4n) is 0.252. The summed E-state index contributed by atoms with van der Waals surface area (Å²) in [6, 6.07) is 0. The minimum Gasteiger partial charge on any atom is -0.0785 e. The Morgan fingerprint density at radius 2 is 1.86 bits per heavy atom. The van der Waals surface area contributed by atoms with Crippen LogP contribution in [0.3, 0.4) is 0 Å². The first-order valence-electron chi connectivity index (χ1n) is 2.06. The Hall–Kier alpha value is 0.700. The lowest BCUT2D eigenvalue weighted by Gasteiger charge is -1.89. The van der Waals surface area contributed by atoms with Gasteiger partial charge < -0.3 is 0 Å². The highest BCUT2D eigenvalue weighted by atomic mass is 79.9. The second-order valence-electron chi connectivity index (χ2n) is 1.58. The van der Waals surface area contributed by atoms with Crippen molar-refractivity contribution in [2.75, 3.05) is 0 Å². The van der Waals surface area contributed by atoms with Gasteiger partial charge in [0.05, 0.1) is 3.74 Å². The van der Waals surface area contributed by atoms with E-state index in [0.717, 1.165) is 0 Å². The molecule has 0 aromatic rings. The molecule has 0 atom stereocenters. The maximum Gasteiger partial charge on any atom is 0.0879 e. The highest BCUT2D eigenvalue weighted by molar-refractivity contribution is 9.24. The van der Waals surface area contributed by atoms with Crippen molar-refractivity contribution in [1.82, 2.24) is 0 Å². The quantitative estimate of drug-likeness (QED) is 0.477. The van der Waals surface area contributed by atoms with E-state index in [9.17, 15) is 0 Å². The van der Waals surface area contributed by atoms with E-state index in [-0.39, 0.29) is 0 Å². The second kappa shape index (κ2) is 3.67. The van der Waals surface area contributed by atoms with Crippen LogP contribution in [0, 0.1) is 0 Å². The Morgan fingerprint density at radius 3 is 1.86 bits per heavy atom. The first kappa shape index (κ1) is 7.70. The van der Waals surface area contributed by atoms with Gasteiger partial charge in [-0.3, -0.25) is 0 Å². The van der Waals surface area contributed by atoms with Crippen molar-refractivity contribution in [3.63, 3.8) is 0 Å². The first-order chi connectivity index (χ1) is 3.13. The second-order valence-corrected chi connectivity index (χ2v) is 4.78. The predicted octanol–water partition coefficient (Wildman–Crippen LogP) is 3.07. The molecular formula is C5H8Br2. The fraction of sp³-hybridized carbons (Fsp3) is 0.600. The normalized spacial score (nSPS) is 9.29. The van der Waals surface area contributed by atoms with Gasteiger partial charge >= 0.3 is 0 Å². The van der Waals surface area contributed by atoms with Crippen LogP contribution in [0.25, 0.3) is 0 Å². The van der Waals surface area contributed by atoms with Crippen LogP contribution >= 0.6 is 31.9 Å². The lowest BCUT2D eigenvalue weighted by atomic mass is 10.3. The van der Waals surface area contributed by atoms with Crippen molar-refractivity contribution in [1.29, 1.82) is 0 Å². The lowest BCUT2D eigenvalue weighted by molar-refractivity contribution is 1.36. The summed E-state index contributed by atoms with van der Waals surface area (Å²) in [7, 11) is 0. The third-order valence-corrected chi connectivity index (χ3v) is 0.988. The third-order valence-electron chi connectivity index (χ3n) is 0.459. The van der Waals surface area contributed by atoms with Crippen molar-refractivity contribution < 1.29 is 0 Å². The van der Waals surface area contributed by atoms with Crippen molar-refractivity contribution in [2.45, 2.75) is 17.6 Å². The van der Waals surface area contributed by atoms with Gasteiger partial charge in [0, 0.05) is 0 Å². The highest BCUT2D eigenvalue weighted by Gasteiger charge is 1.86. The Morgan fingerprint density at radius 1 is 1.43 bits per heavy atom. The van der Waals surface area contributed by atoms with E-state index in [1.165, 1.54) is 5.57 Å². The van der Waals surface area contributed by atoms with Gasteiger partial charge in [-0.25, -0.2) is 0 Å². The molecule has 0 amide bonds. The van der Waals surface area contributed by atoms with Gasteiger partial charge in [-0.05, 0) is 13.8 Å². The molecule has 0 saturated carbocycles. The molecule has 0 nitrogen and oxygen atoms in total. The molecule has 0 aromatic carbocycles. The summed E-state index contributed by atoms with van der Waals surface area (Å²) in [5.74, 6) is 0. The van der Waals surface area contributed by atoms with Crippen LogP contribution in [-0.4, -0.2) is 3.74 Å². The molecule has 0 fully saturated rings. The van der Waals surface area contributed by atoms with Gasteiger partial charge in [-0.15, -0.1) is 0 Å². The maximum atomic E-state index is 3.32. The molecule has 0 bridgehead atoms. The van der Waals surface area contributed by atoms with E-state index in [1.54, 1.807) is 0 Å². The number of allylic oxidation sites excluding steroid dienone is 2. The highest BCUT2D eigenvalue weighted by Crippen LogP contribution is 2.10.